The Morgan fingerprint density at radius 1 is 1.19 bits per heavy atom. The fourth-order valence-corrected chi connectivity index (χ4v) is 1.47. The standard InChI is InChI=1S/C10H10N2O.C3H8/c1-2-12-9-5-6-11-7-8(9)3-4-10(12)13;1-3-2/h3-7H,2H2,1H3;3H2,1-2H3. The number of aromatic nitrogens is 2. The maximum atomic E-state index is 11.4. The minimum Gasteiger partial charge on any atom is -0.308 e. The van der Waals surface area contributed by atoms with Gasteiger partial charge in [-0.25, -0.2) is 0 Å². The number of hydrogen-bond acceptors (Lipinski definition) is 2. The van der Waals surface area contributed by atoms with E-state index in [0.717, 1.165) is 10.9 Å². The van der Waals surface area contributed by atoms with E-state index in [1.165, 1.54) is 6.42 Å². The van der Waals surface area contributed by atoms with Gasteiger partial charge >= 0.3 is 0 Å². The van der Waals surface area contributed by atoms with E-state index in [1.54, 1.807) is 29.1 Å². The van der Waals surface area contributed by atoms with E-state index < -0.39 is 0 Å². The van der Waals surface area contributed by atoms with Crippen molar-refractivity contribution in [2.45, 2.75) is 33.7 Å². The first-order valence-electron chi connectivity index (χ1n) is 5.68. The van der Waals surface area contributed by atoms with Gasteiger partial charge in [0.2, 0.25) is 0 Å². The fourth-order valence-electron chi connectivity index (χ4n) is 1.47. The van der Waals surface area contributed by atoms with Gasteiger partial charge in [-0.3, -0.25) is 9.78 Å². The molecule has 0 saturated carbocycles. The lowest BCUT2D eigenvalue weighted by Crippen LogP contribution is -2.17. The Balaban J connectivity index is 0.000000386. The van der Waals surface area contributed by atoms with E-state index in [-0.39, 0.29) is 5.56 Å². The first-order valence-corrected chi connectivity index (χ1v) is 5.68. The summed E-state index contributed by atoms with van der Waals surface area (Å²) in [5.41, 5.74) is 0.992. The van der Waals surface area contributed by atoms with Crippen molar-refractivity contribution in [2.24, 2.45) is 0 Å². The number of rotatable bonds is 1. The van der Waals surface area contributed by atoms with Gasteiger partial charge in [0.15, 0.2) is 0 Å². The van der Waals surface area contributed by atoms with Gasteiger partial charge in [-0.15, -0.1) is 0 Å². The molecule has 0 aliphatic rings. The predicted octanol–water partition coefficient (Wildman–Crippen LogP) is 2.83. The van der Waals surface area contributed by atoms with Gasteiger partial charge < -0.3 is 4.57 Å². The molecule has 0 N–H and O–H groups in total. The Bertz CT molecular complexity index is 503. The summed E-state index contributed by atoms with van der Waals surface area (Å²) in [7, 11) is 0. The van der Waals surface area contributed by atoms with E-state index in [0.29, 0.717) is 6.54 Å². The van der Waals surface area contributed by atoms with Crippen LogP contribution in [0.15, 0.2) is 35.4 Å². The summed E-state index contributed by atoms with van der Waals surface area (Å²) in [6, 6.07) is 5.24. The molecule has 0 atom stereocenters. The Hall–Kier alpha value is -1.64. The van der Waals surface area contributed by atoms with Gasteiger partial charge in [-0.05, 0) is 19.1 Å². The topological polar surface area (TPSA) is 34.9 Å². The molecule has 2 heterocycles. The van der Waals surface area contributed by atoms with Gasteiger partial charge in [-0.2, -0.15) is 0 Å². The second-order valence-electron chi connectivity index (χ2n) is 3.56. The largest absolute Gasteiger partial charge is 0.308 e. The Kier molecular flexibility index (Phi) is 4.70. The quantitative estimate of drug-likeness (QED) is 0.737. The highest BCUT2D eigenvalue weighted by Crippen LogP contribution is 2.08. The van der Waals surface area contributed by atoms with Crippen LogP contribution in [0.2, 0.25) is 0 Å². The molecule has 3 heteroatoms. The van der Waals surface area contributed by atoms with Crippen molar-refractivity contribution in [3.63, 3.8) is 0 Å². The Morgan fingerprint density at radius 3 is 2.50 bits per heavy atom. The predicted molar refractivity (Wildman–Crippen MR) is 67.6 cm³/mol. The summed E-state index contributed by atoms with van der Waals surface area (Å²) in [5, 5.41) is 1.00. The summed E-state index contributed by atoms with van der Waals surface area (Å²) in [5.74, 6) is 0. The van der Waals surface area contributed by atoms with Crippen molar-refractivity contribution in [3.8, 4) is 0 Å². The van der Waals surface area contributed by atoms with E-state index in [2.05, 4.69) is 18.8 Å². The van der Waals surface area contributed by atoms with E-state index >= 15 is 0 Å². The van der Waals surface area contributed by atoms with Gasteiger partial charge in [0.1, 0.15) is 0 Å². The van der Waals surface area contributed by atoms with Crippen LogP contribution in [0.25, 0.3) is 10.9 Å². The van der Waals surface area contributed by atoms with Crippen molar-refractivity contribution < 1.29 is 0 Å². The zero-order chi connectivity index (χ0) is 12.0. The number of aryl methyl sites for hydroxylation is 1. The van der Waals surface area contributed by atoms with Crippen molar-refractivity contribution in [1.29, 1.82) is 0 Å². The molecular weight excluding hydrogens is 200 g/mol. The van der Waals surface area contributed by atoms with Gasteiger partial charge in [0.25, 0.3) is 5.56 Å². The zero-order valence-electron chi connectivity index (χ0n) is 10.1. The highest BCUT2D eigenvalue weighted by Gasteiger charge is 1.98. The van der Waals surface area contributed by atoms with Gasteiger partial charge in [0, 0.05) is 30.4 Å². The molecule has 0 aliphatic carbocycles. The Labute approximate surface area is 95.8 Å². The molecule has 16 heavy (non-hydrogen) atoms. The fraction of sp³-hybridized carbons (Fsp3) is 0.385. The molecule has 0 spiro atoms. The molecule has 0 aromatic carbocycles. The van der Waals surface area contributed by atoms with Crippen molar-refractivity contribution >= 4 is 10.9 Å². The summed E-state index contributed by atoms with van der Waals surface area (Å²) in [4.78, 5) is 15.4. The lowest BCUT2D eigenvalue weighted by atomic mass is 10.2. The lowest BCUT2D eigenvalue weighted by Gasteiger charge is -2.05. The summed E-state index contributed by atoms with van der Waals surface area (Å²) < 4.78 is 1.73. The average Bonchev–Trinajstić information content (AvgIpc) is 2.30. The molecule has 0 aliphatic heterocycles. The molecule has 86 valence electrons. The number of fused-ring (bicyclic) bond motifs is 1. The van der Waals surface area contributed by atoms with Gasteiger partial charge in [-0.1, -0.05) is 20.3 Å². The van der Waals surface area contributed by atoms with Crippen LogP contribution in [0.3, 0.4) is 0 Å². The minimum absolute atomic E-state index is 0.0428. The Morgan fingerprint density at radius 2 is 1.88 bits per heavy atom. The van der Waals surface area contributed by atoms with Crippen LogP contribution >= 0.6 is 0 Å². The monoisotopic (exact) mass is 218 g/mol. The van der Waals surface area contributed by atoms with E-state index in [1.807, 2.05) is 13.0 Å². The molecule has 2 aromatic rings. The number of nitrogens with zero attached hydrogens (tertiary/aromatic N) is 2. The zero-order valence-corrected chi connectivity index (χ0v) is 10.1. The molecule has 0 bridgehead atoms. The highest BCUT2D eigenvalue weighted by molar-refractivity contribution is 5.77. The van der Waals surface area contributed by atoms with Crippen molar-refractivity contribution in [2.75, 3.05) is 0 Å². The third kappa shape index (κ3) is 2.69. The van der Waals surface area contributed by atoms with Gasteiger partial charge in [0.05, 0.1) is 5.52 Å². The molecule has 2 rings (SSSR count). The third-order valence-electron chi connectivity index (χ3n) is 2.11. The molecule has 0 radical (unpaired) electrons. The SMILES string of the molecule is CCC.CCn1c(=O)ccc2cnccc21. The van der Waals surface area contributed by atoms with Crippen LogP contribution in [0.1, 0.15) is 27.2 Å². The van der Waals surface area contributed by atoms with Crippen LogP contribution in [-0.4, -0.2) is 9.55 Å². The molecule has 0 fully saturated rings. The molecule has 0 unspecified atom stereocenters. The van der Waals surface area contributed by atoms with Crippen LogP contribution in [-0.2, 0) is 6.54 Å². The molecule has 2 aromatic heterocycles. The summed E-state index contributed by atoms with van der Waals surface area (Å²) in [6.07, 6.45) is 4.72. The lowest BCUT2D eigenvalue weighted by molar-refractivity contribution is 0.759. The maximum absolute atomic E-state index is 11.4. The number of pyridine rings is 2. The average molecular weight is 218 g/mol. The first-order chi connectivity index (χ1) is 7.74. The second-order valence-corrected chi connectivity index (χ2v) is 3.56. The second kappa shape index (κ2) is 6.05. The summed E-state index contributed by atoms with van der Waals surface area (Å²) in [6.45, 7) is 6.90. The van der Waals surface area contributed by atoms with Crippen LogP contribution in [0.4, 0.5) is 0 Å². The third-order valence-corrected chi connectivity index (χ3v) is 2.11. The van der Waals surface area contributed by atoms with Crippen molar-refractivity contribution in [1.82, 2.24) is 9.55 Å². The molecular formula is C13H18N2O. The maximum Gasteiger partial charge on any atom is 0.251 e. The smallest absolute Gasteiger partial charge is 0.251 e. The highest BCUT2D eigenvalue weighted by atomic mass is 16.1. The molecule has 0 amide bonds. The van der Waals surface area contributed by atoms with Crippen LogP contribution in [0.5, 0.6) is 0 Å². The molecule has 3 nitrogen and oxygen atoms in total. The van der Waals surface area contributed by atoms with Crippen molar-refractivity contribution in [3.05, 3.63) is 40.9 Å². The van der Waals surface area contributed by atoms with Crippen LogP contribution in [0, 0.1) is 0 Å². The van der Waals surface area contributed by atoms with Crippen LogP contribution < -0.4 is 5.56 Å². The normalized spacial score (nSPS) is 9.69. The first kappa shape index (κ1) is 12.4. The van der Waals surface area contributed by atoms with E-state index in [4.69, 9.17) is 0 Å². The summed E-state index contributed by atoms with van der Waals surface area (Å²) >= 11 is 0. The number of hydrogen-bond donors (Lipinski definition) is 0. The van der Waals surface area contributed by atoms with E-state index in [9.17, 15) is 4.79 Å². The molecule has 0 saturated heterocycles. The minimum atomic E-state index is 0.0428.